The molecule has 2 atom stereocenters. The first-order chi connectivity index (χ1) is 7.58. The van der Waals surface area contributed by atoms with Gasteiger partial charge in [0.2, 0.25) is 0 Å². The van der Waals surface area contributed by atoms with Crippen LogP contribution in [-0.2, 0) is 0 Å². The van der Waals surface area contributed by atoms with Crippen LogP contribution in [0, 0.1) is 28.9 Å². The minimum atomic E-state index is -0.408. The molecule has 16 heavy (non-hydrogen) atoms. The van der Waals surface area contributed by atoms with Crippen LogP contribution in [0.3, 0.4) is 0 Å². The third kappa shape index (κ3) is 2.29. The number of hydrogen-bond donors (Lipinski definition) is 1. The van der Waals surface area contributed by atoms with Gasteiger partial charge in [0.1, 0.15) is 12.0 Å². The summed E-state index contributed by atoms with van der Waals surface area (Å²) >= 11 is 0. The molecule has 1 aromatic heterocycles. The third-order valence-electron chi connectivity index (χ3n) is 3.10. The van der Waals surface area contributed by atoms with Gasteiger partial charge in [-0.1, -0.05) is 6.92 Å². The second-order valence-electron chi connectivity index (χ2n) is 4.47. The predicted molar refractivity (Wildman–Crippen MR) is 61.4 cm³/mol. The summed E-state index contributed by atoms with van der Waals surface area (Å²) in [5.74, 6) is 2.26. The molecule has 5 nitrogen and oxygen atoms in total. The molecule has 1 aliphatic carbocycles. The summed E-state index contributed by atoms with van der Waals surface area (Å²) < 4.78 is 0. The molecule has 0 aliphatic heterocycles. The average Bonchev–Trinajstić information content (AvgIpc) is 2.91. The van der Waals surface area contributed by atoms with Crippen molar-refractivity contribution in [2.24, 2.45) is 11.8 Å². The Morgan fingerprint density at radius 1 is 1.69 bits per heavy atom. The van der Waals surface area contributed by atoms with Crippen molar-refractivity contribution in [2.45, 2.75) is 20.3 Å². The Bertz CT molecular complexity index is 420. The van der Waals surface area contributed by atoms with Crippen molar-refractivity contribution in [2.75, 3.05) is 11.9 Å². The fourth-order valence-electron chi connectivity index (χ4n) is 1.76. The van der Waals surface area contributed by atoms with Gasteiger partial charge >= 0.3 is 0 Å². The summed E-state index contributed by atoms with van der Waals surface area (Å²) in [5, 5.41) is 13.8. The number of aromatic nitrogens is 1. The van der Waals surface area contributed by atoms with E-state index in [1.54, 1.807) is 13.0 Å². The maximum Gasteiger partial charge on any atom is 0.290 e. The van der Waals surface area contributed by atoms with Gasteiger partial charge in [-0.2, -0.15) is 0 Å². The minimum Gasteiger partial charge on any atom is -0.370 e. The zero-order chi connectivity index (χ0) is 11.7. The van der Waals surface area contributed by atoms with Gasteiger partial charge in [0.25, 0.3) is 5.69 Å². The number of nitrogens with zero attached hydrogens (tertiary/aromatic N) is 2. The van der Waals surface area contributed by atoms with Gasteiger partial charge in [0, 0.05) is 12.1 Å². The van der Waals surface area contributed by atoms with Crippen LogP contribution in [0.15, 0.2) is 12.3 Å². The van der Waals surface area contributed by atoms with E-state index in [1.165, 1.54) is 12.6 Å². The minimum absolute atomic E-state index is 0.0744. The molecule has 1 aromatic rings. The Hall–Kier alpha value is -1.65. The molecule has 1 aliphatic rings. The summed E-state index contributed by atoms with van der Waals surface area (Å²) in [5.41, 5.74) is 0.719. The smallest absolute Gasteiger partial charge is 0.290 e. The van der Waals surface area contributed by atoms with Gasteiger partial charge < -0.3 is 5.32 Å². The molecule has 0 saturated heterocycles. The van der Waals surface area contributed by atoms with Gasteiger partial charge in [0.15, 0.2) is 0 Å². The number of anilines is 1. The molecule has 0 bridgehead atoms. The van der Waals surface area contributed by atoms with E-state index >= 15 is 0 Å². The van der Waals surface area contributed by atoms with Crippen LogP contribution in [0.2, 0.25) is 0 Å². The fourth-order valence-corrected chi connectivity index (χ4v) is 1.76. The Morgan fingerprint density at radius 3 is 2.88 bits per heavy atom. The van der Waals surface area contributed by atoms with Crippen LogP contribution in [0.1, 0.15) is 18.9 Å². The van der Waals surface area contributed by atoms with Gasteiger partial charge in [-0.05, 0) is 31.2 Å². The maximum absolute atomic E-state index is 10.6. The summed E-state index contributed by atoms with van der Waals surface area (Å²) in [6.45, 7) is 4.86. The number of rotatable bonds is 4. The molecule has 86 valence electrons. The lowest BCUT2D eigenvalue weighted by atomic mass is 10.2. The molecule has 1 heterocycles. The average molecular weight is 221 g/mol. The Balaban J connectivity index is 2.00. The molecule has 0 spiro atoms. The SMILES string of the molecule is Cc1cc(NCC2CC2C)ncc1[N+](=O)[O-]. The monoisotopic (exact) mass is 221 g/mol. The number of nitro groups is 1. The lowest BCUT2D eigenvalue weighted by Crippen LogP contribution is -2.06. The number of aryl methyl sites for hydroxylation is 1. The van der Waals surface area contributed by atoms with Crippen molar-refractivity contribution < 1.29 is 4.92 Å². The van der Waals surface area contributed by atoms with E-state index in [4.69, 9.17) is 0 Å². The summed E-state index contributed by atoms with van der Waals surface area (Å²) in [6.07, 6.45) is 2.58. The summed E-state index contributed by atoms with van der Waals surface area (Å²) in [7, 11) is 0. The first kappa shape index (κ1) is 10.9. The van der Waals surface area contributed by atoms with Gasteiger partial charge in [-0.15, -0.1) is 0 Å². The van der Waals surface area contributed by atoms with Crippen molar-refractivity contribution in [1.82, 2.24) is 4.98 Å². The largest absolute Gasteiger partial charge is 0.370 e. The van der Waals surface area contributed by atoms with Crippen LogP contribution < -0.4 is 5.32 Å². The normalized spacial score (nSPS) is 22.9. The number of hydrogen-bond acceptors (Lipinski definition) is 4. The molecule has 0 amide bonds. The maximum atomic E-state index is 10.6. The zero-order valence-electron chi connectivity index (χ0n) is 9.43. The molecule has 1 N–H and O–H groups in total. The van der Waals surface area contributed by atoms with Gasteiger partial charge in [-0.3, -0.25) is 10.1 Å². The molecule has 2 unspecified atom stereocenters. The van der Waals surface area contributed by atoms with Crippen molar-refractivity contribution in [1.29, 1.82) is 0 Å². The molecular formula is C11H15N3O2. The highest BCUT2D eigenvalue weighted by Gasteiger charge is 2.31. The second-order valence-corrected chi connectivity index (χ2v) is 4.47. The molecule has 1 fully saturated rings. The van der Waals surface area contributed by atoms with E-state index in [0.717, 1.165) is 24.2 Å². The Labute approximate surface area is 94.0 Å². The highest BCUT2D eigenvalue weighted by atomic mass is 16.6. The molecule has 2 rings (SSSR count). The van der Waals surface area contributed by atoms with E-state index in [9.17, 15) is 10.1 Å². The predicted octanol–water partition coefficient (Wildman–Crippen LogP) is 2.37. The zero-order valence-corrected chi connectivity index (χ0v) is 9.43. The standard InChI is InChI=1S/C11H15N3O2/c1-7-3-9(7)5-12-11-4-8(2)10(6-13-11)14(15)16/h4,6-7,9H,3,5H2,1-2H3,(H,12,13). The van der Waals surface area contributed by atoms with Crippen LogP contribution in [0.25, 0.3) is 0 Å². The Morgan fingerprint density at radius 2 is 2.38 bits per heavy atom. The van der Waals surface area contributed by atoms with Crippen LogP contribution in [-0.4, -0.2) is 16.5 Å². The molecule has 1 saturated carbocycles. The molecule has 5 heteroatoms. The fraction of sp³-hybridized carbons (Fsp3) is 0.545. The van der Waals surface area contributed by atoms with E-state index in [2.05, 4.69) is 17.2 Å². The Kier molecular flexibility index (Phi) is 2.77. The molecular weight excluding hydrogens is 206 g/mol. The molecule has 0 aromatic carbocycles. The van der Waals surface area contributed by atoms with Gasteiger partial charge in [-0.25, -0.2) is 4.98 Å². The lowest BCUT2D eigenvalue weighted by Gasteiger charge is -2.05. The first-order valence-corrected chi connectivity index (χ1v) is 5.43. The van der Waals surface area contributed by atoms with Gasteiger partial charge in [0.05, 0.1) is 4.92 Å². The topological polar surface area (TPSA) is 68.1 Å². The second kappa shape index (κ2) is 4.08. The van der Waals surface area contributed by atoms with Crippen LogP contribution in [0.5, 0.6) is 0 Å². The summed E-state index contributed by atoms with van der Waals surface area (Å²) in [4.78, 5) is 14.2. The number of pyridine rings is 1. The van der Waals surface area contributed by atoms with E-state index < -0.39 is 4.92 Å². The summed E-state index contributed by atoms with van der Waals surface area (Å²) in [6, 6.07) is 1.73. The van der Waals surface area contributed by atoms with Crippen molar-refractivity contribution in [3.05, 3.63) is 27.9 Å². The number of nitrogens with one attached hydrogen (secondary N) is 1. The van der Waals surface area contributed by atoms with Crippen LogP contribution >= 0.6 is 0 Å². The van der Waals surface area contributed by atoms with E-state index in [0.29, 0.717) is 5.56 Å². The van der Waals surface area contributed by atoms with Crippen molar-refractivity contribution >= 4 is 11.5 Å². The lowest BCUT2D eigenvalue weighted by molar-refractivity contribution is -0.385. The van der Waals surface area contributed by atoms with E-state index in [1.807, 2.05) is 0 Å². The molecule has 0 radical (unpaired) electrons. The van der Waals surface area contributed by atoms with Crippen molar-refractivity contribution in [3.8, 4) is 0 Å². The highest BCUT2D eigenvalue weighted by Crippen LogP contribution is 2.37. The first-order valence-electron chi connectivity index (χ1n) is 5.43. The quantitative estimate of drug-likeness (QED) is 0.626. The highest BCUT2D eigenvalue weighted by molar-refractivity contribution is 5.46. The van der Waals surface area contributed by atoms with Crippen molar-refractivity contribution in [3.63, 3.8) is 0 Å². The van der Waals surface area contributed by atoms with E-state index in [-0.39, 0.29) is 5.69 Å². The van der Waals surface area contributed by atoms with Crippen LogP contribution in [0.4, 0.5) is 11.5 Å². The third-order valence-corrected chi connectivity index (χ3v) is 3.10.